The average Bonchev–Trinajstić information content (AvgIpc) is 2.21. The van der Waals surface area contributed by atoms with Crippen molar-refractivity contribution in [2.24, 2.45) is 16.2 Å². The van der Waals surface area contributed by atoms with Crippen LogP contribution in [0.2, 0.25) is 0 Å². The van der Waals surface area contributed by atoms with Crippen molar-refractivity contribution in [2.45, 2.75) is 94.7 Å². The highest BCUT2D eigenvalue weighted by Crippen LogP contribution is 2.48. The fourth-order valence-electron chi connectivity index (χ4n) is 3.22. The molecule has 0 radical (unpaired) electrons. The second-order valence-corrected chi connectivity index (χ2v) is 10.9. The first-order chi connectivity index (χ1) is 9.88. The molecule has 0 aromatic rings. The quantitative estimate of drug-likeness (QED) is 0.562. The van der Waals surface area contributed by atoms with Crippen LogP contribution < -0.4 is 0 Å². The first-order valence-electron chi connectivity index (χ1n) is 8.65. The summed E-state index contributed by atoms with van der Waals surface area (Å²) >= 11 is 0. The number of cyclic esters (lactones) is 1. The molecule has 1 unspecified atom stereocenters. The third-order valence-electron chi connectivity index (χ3n) is 4.07. The lowest BCUT2D eigenvalue weighted by atomic mass is 9.75. The topological polar surface area (TPSA) is 29.5 Å². The maximum absolute atomic E-state index is 12.9. The molecule has 1 atom stereocenters. The maximum Gasteiger partial charge on any atom is 0.334 e. The van der Waals surface area contributed by atoms with Crippen molar-refractivity contribution in [3.63, 3.8) is 0 Å². The summed E-state index contributed by atoms with van der Waals surface area (Å²) in [7, 11) is 0. The fourth-order valence-corrected chi connectivity index (χ4v) is 3.22. The lowest BCUT2D eigenvalue weighted by Gasteiger charge is -2.55. The third kappa shape index (κ3) is 4.10. The van der Waals surface area contributed by atoms with Crippen LogP contribution in [0.4, 0.5) is 0 Å². The predicted molar refractivity (Wildman–Crippen MR) is 96.9 cm³/mol. The molecule has 3 nitrogen and oxygen atoms in total. The summed E-state index contributed by atoms with van der Waals surface area (Å²) in [5.74, 6) is 0.677. The first kappa shape index (κ1) is 20.1. The monoisotopic (exact) mass is 323 g/mol. The van der Waals surface area contributed by atoms with Crippen LogP contribution in [0.3, 0.4) is 0 Å². The molecule has 1 heterocycles. The number of esters is 1. The van der Waals surface area contributed by atoms with Gasteiger partial charge in [0, 0.05) is 16.4 Å². The van der Waals surface area contributed by atoms with Crippen molar-refractivity contribution < 1.29 is 9.53 Å². The highest BCUT2D eigenvalue weighted by atomic mass is 16.5. The second kappa shape index (κ2) is 5.53. The molecule has 1 rings (SSSR count). The molecule has 3 heteroatoms. The highest BCUT2D eigenvalue weighted by molar-refractivity contribution is 5.80. The highest BCUT2D eigenvalue weighted by Gasteiger charge is 2.51. The van der Waals surface area contributed by atoms with E-state index >= 15 is 0 Å². The van der Waals surface area contributed by atoms with Crippen LogP contribution >= 0.6 is 0 Å². The van der Waals surface area contributed by atoms with Crippen molar-refractivity contribution >= 4 is 5.97 Å². The summed E-state index contributed by atoms with van der Waals surface area (Å²) in [5, 5.41) is 0. The van der Waals surface area contributed by atoms with E-state index in [2.05, 4.69) is 88.0 Å². The molecular weight excluding hydrogens is 286 g/mol. The van der Waals surface area contributed by atoms with Crippen LogP contribution in [0.5, 0.6) is 0 Å². The molecule has 0 aromatic carbocycles. The molecule has 0 fully saturated rings. The van der Waals surface area contributed by atoms with Crippen LogP contribution in [0, 0.1) is 16.2 Å². The Morgan fingerprint density at radius 3 is 1.48 bits per heavy atom. The van der Waals surface area contributed by atoms with Gasteiger partial charge in [-0.25, -0.2) is 4.79 Å². The summed E-state index contributed by atoms with van der Waals surface area (Å²) in [6.45, 7) is 25.8. The van der Waals surface area contributed by atoms with Crippen LogP contribution in [-0.4, -0.2) is 22.4 Å². The van der Waals surface area contributed by atoms with E-state index in [9.17, 15) is 4.79 Å². The van der Waals surface area contributed by atoms with Crippen LogP contribution in [0.25, 0.3) is 0 Å². The molecule has 0 aromatic heterocycles. The Morgan fingerprint density at radius 2 is 1.22 bits per heavy atom. The number of carbonyl (C=O) groups is 1. The molecule has 0 spiro atoms. The van der Waals surface area contributed by atoms with Gasteiger partial charge in [-0.15, -0.1) is 0 Å². The smallest absolute Gasteiger partial charge is 0.334 e. The lowest BCUT2D eigenvalue weighted by molar-refractivity contribution is -0.160. The van der Waals surface area contributed by atoms with E-state index in [-0.39, 0.29) is 33.8 Å². The molecule has 0 amide bonds. The van der Waals surface area contributed by atoms with Crippen molar-refractivity contribution in [1.82, 2.24) is 4.90 Å². The first-order valence-corrected chi connectivity index (χ1v) is 8.65. The summed E-state index contributed by atoms with van der Waals surface area (Å²) in [5.41, 5.74) is 0.447. The van der Waals surface area contributed by atoms with Crippen LogP contribution in [0.1, 0.15) is 83.1 Å². The number of allylic oxidation sites excluding steroid dienone is 2. The molecule has 23 heavy (non-hydrogen) atoms. The third-order valence-corrected chi connectivity index (χ3v) is 4.07. The Morgan fingerprint density at radius 1 is 0.783 bits per heavy atom. The minimum atomic E-state index is -0.289. The Kier molecular flexibility index (Phi) is 4.82. The molecule has 1 aliphatic heterocycles. The van der Waals surface area contributed by atoms with Crippen LogP contribution in [-0.2, 0) is 9.53 Å². The number of nitrogens with zero attached hydrogens (tertiary/aromatic N) is 1. The number of hydrogen-bond donors (Lipinski definition) is 0. The second-order valence-electron chi connectivity index (χ2n) is 10.9. The standard InChI is InChI=1S/C20H37NO2/c1-17(2,3)13-15(19(7,8)9)23-16(22)14(18(4,5)6)21(13)20(10,11)12/h14H,1-12H3. The minimum absolute atomic E-state index is 0.111. The van der Waals surface area contributed by atoms with Gasteiger partial charge in [0.2, 0.25) is 0 Å². The van der Waals surface area contributed by atoms with Gasteiger partial charge in [0.05, 0.1) is 5.70 Å². The Labute approximate surface area is 143 Å². The van der Waals surface area contributed by atoms with E-state index < -0.39 is 0 Å². The summed E-state index contributed by atoms with van der Waals surface area (Å²) in [6.07, 6.45) is 0. The molecule has 134 valence electrons. The molecule has 1 aliphatic rings. The molecular formula is C20H37NO2. The summed E-state index contributed by atoms with van der Waals surface area (Å²) in [6, 6.07) is -0.289. The molecule has 0 saturated heterocycles. The van der Waals surface area contributed by atoms with Crippen molar-refractivity contribution in [3.8, 4) is 0 Å². The van der Waals surface area contributed by atoms with Gasteiger partial charge in [0.1, 0.15) is 11.8 Å². The van der Waals surface area contributed by atoms with E-state index in [1.54, 1.807) is 0 Å². The van der Waals surface area contributed by atoms with E-state index in [0.29, 0.717) is 0 Å². The molecule has 0 bridgehead atoms. The van der Waals surface area contributed by atoms with Gasteiger partial charge >= 0.3 is 5.97 Å². The van der Waals surface area contributed by atoms with Gasteiger partial charge in [0.15, 0.2) is 0 Å². The molecule has 0 aliphatic carbocycles. The zero-order chi connectivity index (χ0) is 18.6. The number of hydrogen-bond acceptors (Lipinski definition) is 3. The summed E-state index contributed by atoms with van der Waals surface area (Å²) in [4.78, 5) is 15.2. The zero-order valence-electron chi connectivity index (χ0n) is 17.3. The van der Waals surface area contributed by atoms with E-state index in [0.717, 1.165) is 11.5 Å². The van der Waals surface area contributed by atoms with Crippen molar-refractivity contribution in [1.29, 1.82) is 0 Å². The Hall–Kier alpha value is -0.990. The van der Waals surface area contributed by atoms with Gasteiger partial charge in [-0.2, -0.15) is 0 Å². The van der Waals surface area contributed by atoms with Gasteiger partial charge < -0.3 is 9.64 Å². The van der Waals surface area contributed by atoms with Gasteiger partial charge in [0.25, 0.3) is 0 Å². The largest absolute Gasteiger partial charge is 0.427 e. The Bertz CT molecular complexity index is 502. The molecule has 0 saturated carbocycles. The summed E-state index contributed by atoms with van der Waals surface area (Å²) < 4.78 is 5.95. The fraction of sp³-hybridized carbons (Fsp3) is 0.850. The van der Waals surface area contributed by atoms with Gasteiger partial charge in [-0.05, 0) is 26.2 Å². The van der Waals surface area contributed by atoms with E-state index in [1.165, 1.54) is 0 Å². The maximum atomic E-state index is 12.9. The number of carbonyl (C=O) groups excluding carboxylic acids is 1. The van der Waals surface area contributed by atoms with Gasteiger partial charge in [-0.3, -0.25) is 0 Å². The lowest BCUT2D eigenvalue weighted by Crippen LogP contribution is -2.61. The SMILES string of the molecule is CC(C)(C)C1=C(C(C)(C)C)N(C(C)(C)C)C(C(C)(C)C)C(=O)O1. The normalized spacial score (nSPS) is 21.7. The predicted octanol–water partition coefficient (Wildman–Crippen LogP) is 5.36. The molecule has 0 N–H and O–H groups in total. The average molecular weight is 324 g/mol. The Balaban J connectivity index is 3.81. The van der Waals surface area contributed by atoms with Gasteiger partial charge in [-0.1, -0.05) is 62.3 Å². The number of rotatable bonds is 0. The van der Waals surface area contributed by atoms with E-state index in [1.807, 2.05) is 0 Å². The van der Waals surface area contributed by atoms with Crippen LogP contribution in [0.15, 0.2) is 11.5 Å². The van der Waals surface area contributed by atoms with E-state index in [4.69, 9.17) is 4.74 Å². The number of ether oxygens (including phenoxy) is 1. The van der Waals surface area contributed by atoms with Crippen molar-refractivity contribution in [2.75, 3.05) is 0 Å². The van der Waals surface area contributed by atoms with Crippen molar-refractivity contribution in [3.05, 3.63) is 11.5 Å². The minimum Gasteiger partial charge on any atom is -0.427 e. The zero-order valence-corrected chi connectivity index (χ0v) is 17.3.